The van der Waals surface area contributed by atoms with Gasteiger partial charge in [0.2, 0.25) is 0 Å². The zero-order valence-electron chi connectivity index (χ0n) is 29.5. The van der Waals surface area contributed by atoms with Gasteiger partial charge in [-0.2, -0.15) is 0 Å². The minimum atomic E-state index is -4.78. The van der Waals surface area contributed by atoms with Crippen molar-refractivity contribution < 1.29 is 43.0 Å². The molecule has 0 aliphatic heterocycles. The number of rotatable bonds is 31. The van der Waals surface area contributed by atoms with Gasteiger partial charge >= 0.3 is 19.8 Å². The maximum absolute atomic E-state index is 12.3. The molecule has 3 N–H and O–H groups in total. The molecule has 48 heavy (non-hydrogen) atoms. The summed E-state index contributed by atoms with van der Waals surface area (Å²) < 4.78 is 26.1. The highest BCUT2D eigenvalue weighted by molar-refractivity contribution is 7.46. The lowest BCUT2D eigenvalue weighted by molar-refractivity contribution is -0.161. The van der Waals surface area contributed by atoms with Crippen molar-refractivity contribution in [3.05, 3.63) is 72.9 Å². The van der Waals surface area contributed by atoms with E-state index in [-0.39, 0.29) is 19.4 Å². The first kappa shape index (κ1) is 45.5. The summed E-state index contributed by atoms with van der Waals surface area (Å²) in [7, 11) is -4.78. The van der Waals surface area contributed by atoms with E-state index in [1.807, 2.05) is 48.6 Å². The molecule has 0 spiro atoms. The van der Waals surface area contributed by atoms with Crippen molar-refractivity contribution in [3.8, 4) is 0 Å². The normalized spacial score (nSPS) is 14.0. The topological polar surface area (TPSA) is 140 Å². The van der Waals surface area contributed by atoms with E-state index < -0.39 is 38.6 Å². The number of phosphoric ester groups is 1. The van der Waals surface area contributed by atoms with Crippen molar-refractivity contribution in [2.75, 3.05) is 13.2 Å². The van der Waals surface area contributed by atoms with E-state index in [1.54, 1.807) is 6.08 Å². The van der Waals surface area contributed by atoms with E-state index in [0.717, 1.165) is 44.9 Å². The number of unbranched alkanes of at least 4 members (excludes halogenated alkanes) is 9. The summed E-state index contributed by atoms with van der Waals surface area (Å²) in [6.07, 6.45) is 38.3. The van der Waals surface area contributed by atoms with Crippen LogP contribution in [0.4, 0.5) is 0 Å². The molecule has 0 aromatic heterocycles. The van der Waals surface area contributed by atoms with Gasteiger partial charge in [-0.3, -0.25) is 14.1 Å². The molecule has 0 radical (unpaired) electrons. The smallest absolute Gasteiger partial charge is 0.462 e. The minimum absolute atomic E-state index is 0.0689. The molecule has 0 saturated heterocycles. The monoisotopic (exact) mass is 694 g/mol. The number of ether oxygens (including phenoxy) is 2. The maximum Gasteiger partial charge on any atom is 0.469 e. The van der Waals surface area contributed by atoms with Crippen LogP contribution in [0.3, 0.4) is 0 Å². The maximum atomic E-state index is 12.3. The Morgan fingerprint density at radius 3 is 1.85 bits per heavy atom. The van der Waals surface area contributed by atoms with Gasteiger partial charge in [0.05, 0.1) is 12.7 Å². The van der Waals surface area contributed by atoms with Crippen molar-refractivity contribution in [2.24, 2.45) is 0 Å². The molecule has 0 aromatic rings. The van der Waals surface area contributed by atoms with E-state index in [2.05, 4.69) is 36.6 Å². The molecule has 0 bridgehead atoms. The number of phosphoric acid groups is 1. The minimum Gasteiger partial charge on any atom is -0.462 e. The summed E-state index contributed by atoms with van der Waals surface area (Å²) in [6, 6.07) is 0. The predicted molar refractivity (Wildman–Crippen MR) is 194 cm³/mol. The van der Waals surface area contributed by atoms with E-state index in [4.69, 9.17) is 19.3 Å². The summed E-state index contributed by atoms with van der Waals surface area (Å²) in [5.74, 6) is -1.01. The zero-order chi connectivity index (χ0) is 35.6. The van der Waals surface area contributed by atoms with Crippen molar-refractivity contribution in [1.29, 1.82) is 0 Å². The summed E-state index contributed by atoms with van der Waals surface area (Å²) >= 11 is 0. The first-order chi connectivity index (χ1) is 23.2. The van der Waals surface area contributed by atoms with Crippen LogP contribution in [0.1, 0.15) is 129 Å². The lowest BCUT2D eigenvalue weighted by Crippen LogP contribution is -2.29. The van der Waals surface area contributed by atoms with Gasteiger partial charge in [-0.25, -0.2) is 4.57 Å². The highest BCUT2D eigenvalue weighted by Crippen LogP contribution is 2.35. The molecule has 10 heteroatoms. The summed E-state index contributed by atoms with van der Waals surface area (Å²) in [5.41, 5.74) is 0. The molecule has 274 valence electrons. The molecule has 0 saturated carbocycles. The number of carbonyl (C=O) groups excluding carboxylic acids is 2. The molecule has 2 atom stereocenters. The molecule has 0 aliphatic carbocycles. The second-order valence-electron chi connectivity index (χ2n) is 11.7. The number of aliphatic hydroxyl groups is 1. The van der Waals surface area contributed by atoms with Gasteiger partial charge in [0, 0.05) is 12.8 Å². The van der Waals surface area contributed by atoms with Crippen LogP contribution < -0.4 is 0 Å². The Kier molecular flexibility index (Phi) is 31.2. The van der Waals surface area contributed by atoms with Crippen molar-refractivity contribution in [3.63, 3.8) is 0 Å². The van der Waals surface area contributed by atoms with Crippen LogP contribution in [0.15, 0.2) is 72.9 Å². The van der Waals surface area contributed by atoms with Gasteiger partial charge in [-0.05, 0) is 44.9 Å². The Morgan fingerprint density at radius 1 is 0.667 bits per heavy atom. The Morgan fingerprint density at radius 2 is 1.25 bits per heavy atom. The lowest BCUT2D eigenvalue weighted by Gasteiger charge is -2.18. The number of aliphatic hydroxyl groups excluding tert-OH is 1. The average Bonchev–Trinajstić information content (AvgIpc) is 3.04. The third kappa shape index (κ3) is 34.8. The quantitative estimate of drug-likeness (QED) is 0.0213. The molecule has 0 aliphatic rings. The zero-order valence-corrected chi connectivity index (χ0v) is 30.4. The number of hydrogen-bond donors (Lipinski definition) is 3. The van der Waals surface area contributed by atoms with Gasteiger partial charge in [-0.1, -0.05) is 145 Å². The fourth-order valence-electron chi connectivity index (χ4n) is 4.42. The van der Waals surface area contributed by atoms with E-state index in [9.17, 15) is 19.3 Å². The van der Waals surface area contributed by atoms with Crippen LogP contribution in [-0.4, -0.2) is 52.3 Å². The van der Waals surface area contributed by atoms with Crippen molar-refractivity contribution >= 4 is 19.8 Å². The molecule has 0 rings (SSSR count). The molecule has 0 heterocycles. The van der Waals surface area contributed by atoms with Crippen LogP contribution in [0.2, 0.25) is 0 Å². The molecule has 0 aromatic carbocycles. The Hall–Kier alpha value is -2.55. The Labute approximate surface area is 290 Å². The van der Waals surface area contributed by atoms with Gasteiger partial charge in [0.25, 0.3) is 0 Å². The van der Waals surface area contributed by atoms with Crippen LogP contribution in [0, 0.1) is 0 Å². The lowest BCUT2D eigenvalue weighted by atomic mass is 10.1. The van der Waals surface area contributed by atoms with E-state index in [0.29, 0.717) is 19.3 Å². The fourth-order valence-corrected chi connectivity index (χ4v) is 4.78. The van der Waals surface area contributed by atoms with Crippen molar-refractivity contribution in [1.82, 2.24) is 0 Å². The van der Waals surface area contributed by atoms with E-state index in [1.165, 1.54) is 38.5 Å². The first-order valence-electron chi connectivity index (χ1n) is 17.8. The van der Waals surface area contributed by atoms with Crippen LogP contribution >= 0.6 is 7.82 Å². The number of esters is 2. The second kappa shape index (κ2) is 33.0. The molecule has 0 amide bonds. The SMILES string of the molecule is CC/C=C\CC(O)/C=C/C=C/C/C=C\C/C=C\C/C=C\CCC(=O)O[C@H](COC(=O)CCCCCCCCCCCC)COP(=O)(O)O. The van der Waals surface area contributed by atoms with Gasteiger partial charge in [-0.15, -0.1) is 0 Å². The highest BCUT2D eigenvalue weighted by Gasteiger charge is 2.22. The summed E-state index contributed by atoms with van der Waals surface area (Å²) in [6.45, 7) is 3.37. The summed E-state index contributed by atoms with van der Waals surface area (Å²) in [5, 5.41) is 9.80. The standard InChI is InChI=1S/C38H63O9P/c1-3-5-7-8-9-10-17-20-23-27-31-37(40)45-33-36(34-46-48(42,43)44)47-38(41)32-28-24-21-18-15-13-11-12-14-16-19-22-26-30-35(39)29-25-6-4-2/h6,12-15,19,21-22,24-26,30,35-36,39H,3-5,7-11,16-18,20,23,27-29,31-34H2,1-2H3,(H2,42,43,44)/b14-12-,15-13-,22-19+,24-21-,25-6-,30-26+/t35?,36-/m1/s1. The van der Waals surface area contributed by atoms with Crippen LogP contribution in [0.5, 0.6) is 0 Å². The molecule has 1 unspecified atom stereocenters. The third-order valence-electron chi connectivity index (χ3n) is 7.08. The predicted octanol–water partition coefficient (Wildman–Crippen LogP) is 9.31. The van der Waals surface area contributed by atoms with Gasteiger partial charge in [0.1, 0.15) is 6.61 Å². The molecule has 0 fully saturated rings. The van der Waals surface area contributed by atoms with Gasteiger partial charge in [0.15, 0.2) is 6.10 Å². The summed E-state index contributed by atoms with van der Waals surface area (Å²) in [4.78, 5) is 42.5. The molecular formula is C38H63O9P. The van der Waals surface area contributed by atoms with E-state index >= 15 is 0 Å². The molecular weight excluding hydrogens is 631 g/mol. The first-order valence-corrected chi connectivity index (χ1v) is 19.4. The number of allylic oxidation sites excluding steroid dienone is 10. The van der Waals surface area contributed by atoms with Crippen LogP contribution in [-0.2, 0) is 28.2 Å². The second-order valence-corrected chi connectivity index (χ2v) is 12.9. The largest absolute Gasteiger partial charge is 0.469 e. The van der Waals surface area contributed by atoms with Crippen molar-refractivity contribution in [2.45, 2.75) is 142 Å². The molecule has 9 nitrogen and oxygen atoms in total. The van der Waals surface area contributed by atoms with Gasteiger partial charge < -0.3 is 24.4 Å². The Balaban J connectivity index is 4.20. The van der Waals surface area contributed by atoms with Crippen LogP contribution in [0.25, 0.3) is 0 Å². The highest BCUT2D eigenvalue weighted by atomic mass is 31.2. The number of hydrogen-bond acceptors (Lipinski definition) is 7. The third-order valence-corrected chi connectivity index (χ3v) is 7.57. The average molecular weight is 695 g/mol. The number of carbonyl (C=O) groups is 2. The Bertz CT molecular complexity index is 1020. The fraction of sp³-hybridized carbons (Fsp3) is 0.632.